The van der Waals surface area contributed by atoms with Crippen LogP contribution in [0.15, 0.2) is 36.4 Å². The van der Waals surface area contributed by atoms with Gasteiger partial charge in [0.25, 0.3) is 5.69 Å². The molecule has 2 aromatic rings. The topological polar surface area (TPSA) is 60.2 Å². The van der Waals surface area contributed by atoms with E-state index in [0.717, 1.165) is 18.2 Å². The van der Waals surface area contributed by atoms with E-state index in [4.69, 9.17) is 23.2 Å². The van der Waals surface area contributed by atoms with Crippen LogP contribution in [0.1, 0.15) is 15.9 Å². The van der Waals surface area contributed by atoms with E-state index < -0.39 is 16.5 Å². The van der Waals surface area contributed by atoms with Gasteiger partial charge in [-0.15, -0.1) is 0 Å². The maximum Gasteiger partial charge on any atom is 0.271 e. The van der Waals surface area contributed by atoms with Crippen molar-refractivity contribution in [1.82, 2.24) is 0 Å². The molecule has 2 rings (SSSR count). The number of rotatable bonds is 3. The number of non-ortho nitro benzene ring substituents is 1. The molecule has 4 nitrogen and oxygen atoms in total. The molecule has 20 heavy (non-hydrogen) atoms. The third kappa shape index (κ3) is 2.64. The van der Waals surface area contributed by atoms with Gasteiger partial charge in [0.05, 0.1) is 20.5 Å². The van der Waals surface area contributed by atoms with Gasteiger partial charge in [-0.3, -0.25) is 14.9 Å². The molecule has 0 atom stereocenters. The molecule has 0 aliphatic carbocycles. The second-order valence-corrected chi connectivity index (χ2v) is 4.64. The van der Waals surface area contributed by atoms with Gasteiger partial charge >= 0.3 is 0 Å². The second kappa shape index (κ2) is 5.56. The van der Waals surface area contributed by atoms with E-state index in [9.17, 15) is 19.3 Å². The minimum absolute atomic E-state index is 0.138. The largest absolute Gasteiger partial charge is 0.288 e. The lowest BCUT2D eigenvalue weighted by molar-refractivity contribution is -0.384. The van der Waals surface area contributed by atoms with Crippen LogP contribution < -0.4 is 0 Å². The van der Waals surface area contributed by atoms with Gasteiger partial charge in [-0.25, -0.2) is 4.39 Å². The lowest BCUT2D eigenvalue weighted by Crippen LogP contribution is -2.06. The summed E-state index contributed by atoms with van der Waals surface area (Å²) in [5, 5.41) is 10.5. The molecule has 0 saturated heterocycles. The highest BCUT2D eigenvalue weighted by atomic mass is 35.5. The van der Waals surface area contributed by atoms with E-state index >= 15 is 0 Å². The summed E-state index contributed by atoms with van der Waals surface area (Å²) < 4.78 is 13.6. The summed E-state index contributed by atoms with van der Waals surface area (Å²) in [6.07, 6.45) is 0. The van der Waals surface area contributed by atoms with E-state index in [1.165, 1.54) is 18.2 Å². The highest BCUT2D eigenvalue weighted by molar-refractivity contribution is 6.44. The van der Waals surface area contributed by atoms with Crippen LogP contribution in [0.2, 0.25) is 10.0 Å². The normalized spacial score (nSPS) is 10.3. The zero-order valence-electron chi connectivity index (χ0n) is 9.77. The van der Waals surface area contributed by atoms with Crippen molar-refractivity contribution in [3.05, 3.63) is 73.5 Å². The van der Waals surface area contributed by atoms with E-state index in [-0.39, 0.29) is 26.9 Å². The number of nitro groups is 1. The summed E-state index contributed by atoms with van der Waals surface area (Å²) >= 11 is 11.6. The fraction of sp³-hybridized carbons (Fsp3) is 0. The number of carbonyl (C=O) groups is 1. The monoisotopic (exact) mass is 313 g/mol. The zero-order valence-corrected chi connectivity index (χ0v) is 11.3. The van der Waals surface area contributed by atoms with Crippen molar-refractivity contribution >= 4 is 34.7 Å². The molecule has 0 fully saturated rings. The molecule has 0 amide bonds. The Morgan fingerprint density at radius 3 is 2.40 bits per heavy atom. The fourth-order valence-electron chi connectivity index (χ4n) is 1.64. The van der Waals surface area contributed by atoms with E-state index in [1.807, 2.05) is 0 Å². The molecule has 0 unspecified atom stereocenters. The Bertz CT molecular complexity index is 719. The van der Waals surface area contributed by atoms with Gasteiger partial charge in [0.2, 0.25) is 0 Å². The number of nitro benzene ring substituents is 1. The summed E-state index contributed by atoms with van der Waals surface area (Å²) in [5.41, 5.74) is -0.832. The molecular weight excluding hydrogens is 308 g/mol. The molecule has 0 radical (unpaired) electrons. The molecular formula is C13H6Cl2FNO3. The van der Waals surface area contributed by atoms with Crippen LogP contribution in [-0.4, -0.2) is 10.7 Å². The quantitative estimate of drug-likeness (QED) is 0.483. The van der Waals surface area contributed by atoms with Crippen LogP contribution in [0.25, 0.3) is 0 Å². The molecule has 0 bridgehead atoms. The Labute approximate surface area is 122 Å². The lowest BCUT2D eigenvalue weighted by Gasteiger charge is -2.06. The highest BCUT2D eigenvalue weighted by Gasteiger charge is 2.22. The number of benzene rings is 2. The molecule has 0 aliphatic heterocycles. The van der Waals surface area contributed by atoms with Crippen molar-refractivity contribution in [2.45, 2.75) is 0 Å². The van der Waals surface area contributed by atoms with Crippen molar-refractivity contribution in [3.63, 3.8) is 0 Å². The Morgan fingerprint density at radius 1 is 1.15 bits per heavy atom. The van der Waals surface area contributed by atoms with Crippen molar-refractivity contribution in [3.8, 4) is 0 Å². The number of nitrogens with zero attached hydrogens (tertiary/aromatic N) is 1. The highest BCUT2D eigenvalue weighted by Crippen LogP contribution is 2.32. The van der Waals surface area contributed by atoms with Gasteiger partial charge < -0.3 is 0 Å². The molecule has 0 N–H and O–H groups in total. The van der Waals surface area contributed by atoms with Crippen LogP contribution >= 0.6 is 23.2 Å². The average molecular weight is 314 g/mol. The maximum absolute atomic E-state index is 13.6. The summed E-state index contributed by atoms with van der Waals surface area (Å²) in [7, 11) is 0. The van der Waals surface area contributed by atoms with Crippen molar-refractivity contribution in [1.29, 1.82) is 0 Å². The Hall–Kier alpha value is -1.98. The van der Waals surface area contributed by atoms with Gasteiger partial charge in [0, 0.05) is 17.7 Å². The number of hydrogen-bond acceptors (Lipinski definition) is 3. The molecule has 0 aliphatic rings. The smallest absolute Gasteiger partial charge is 0.271 e. The van der Waals surface area contributed by atoms with Gasteiger partial charge in [-0.2, -0.15) is 0 Å². The van der Waals surface area contributed by atoms with E-state index in [1.54, 1.807) is 0 Å². The molecule has 0 aromatic heterocycles. The predicted octanol–water partition coefficient (Wildman–Crippen LogP) is 4.27. The first-order chi connectivity index (χ1) is 9.41. The van der Waals surface area contributed by atoms with Gasteiger partial charge in [0.1, 0.15) is 5.82 Å². The first-order valence-electron chi connectivity index (χ1n) is 5.34. The molecule has 7 heteroatoms. The lowest BCUT2D eigenvalue weighted by atomic mass is 10.0. The van der Waals surface area contributed by atoms with E-state index in [2.05, 4.69) is 0 Å². The van der Waals surface area contributed by atoms with Crippen molar-refractivity contribution < 1.29 is 14.1 Å². The molecule has 0 spiro atoms. The van der Waals surface area contributed by atoms with Crippen LogP contribution in [0.5, 0.6) is 0 Å². The molecule has 0 saturated carbocycles. The van der Waals surface area contributed by atoms with Gasteiger partial charge in [0.15, 0.2) is 5.78 Å². The van der Waals surface area contributed by atoms with Crippen LogP contribution in [0.3, 0.4) is 0 Å². The second-order valence-electron chi connectivity index (χ2n) is 3.86. The first kappa shape index (κ1) is 14.4. The minimum Gasteiger partial charge on any atom is -0.288 e. The fourth-order valence-corrected chi connectivity index (χ4v) is 2.04. The van der Waals surface area contributed by atoms with Crippen molar-refractivity contribution in [2.24, 2.45) is 0 Å². The van der Waals surface area contributed by atoms with Crippen molar-refractivity contribution in [2.75, 3.05) is 0 Å². The molecule has 2 aromatic carbocycles. The third-order valence-corrected chi connectivity index (χ3v) is 3.39. The number of carbonyl (C=O) groups excluding carboxylic acids is 1. The van der Waals surface area contributed by atoms with Crippen LogP contribution in [0, 0.1) is 15.9 Å². The maximum atomic E-state index is 13.6. The van der Waals surface area contributed by atoms with Crippen LogP contribution in [-0.2, 0) is 0 Å². The SMILES string of the molecule is O=C(c1ccccc1F)c1cc([N+](=O)[O-])cc(Cl)c1Cl. The summed E-state index contributed by atoms with van der Waals surface area (Å²) in [6, 6.07) is 7.28. The Kier molecular flexibility index (Phi) is 4.01. The number of ketones is 1. The van der Waals surface area contributed by atoms with Gasteiger partial charge in [-0.05, 0) is 12.1 Å². The predicted molar refractivity (Wildman–Crippen MR) is 72.9 cm³/mol. The molecule has 0 heterocycles. The zero-order chi connectivity index (χ0) is 14.9. The summed E-state index contributed by atoms with van der Waals surface area (Å²) in [6.45, 7) is 0. The van der Waals surface area contributed by atoms with Gasteiger partial charge in [-0.1, -0.05) is 35.3 Å². The number of halogens is 3. The summed E-state index contributed by atoms with van der Waals surface area (Å²) in [4.78, 5) is 22.3. The number of hydrogen-bond donors (Lipinski definition) is 0. The third-order valence-electron chi connectivity index (χ3n) is 2.59. The average Bonchev–Trinajstić information content (AvgIpc) is 2.41. The standard InChI is InChI=1S/C13H6Cl2FNO3/c14-10-6-7(17(19)20)5-9(12(10)15)13(18)8-3-1-2-4-11(8)16/h1-6H. The van der Waals surface area contributed by atoms with Crippen LogP contribution in [0.4, 0.5) is 10.1 Å². The molecule has 102 valence electrons. The Morgan fingerprint density at radius 2 is 1.80 bits per heavy atom. The summed E-state index contributed by atoms with van der Waals surface area (Å²) in [5.74, 6) is -1.50. The van der Waals surface area contributed by atoms with E-state index in [0.29, 0.717) is 0 Å². The first-order valence-corrected chi connectivity index (χ1v) is 6.10. The minimum atomic E-state index is -0.765. The Balaban J connectivity index is 2.61.